The van der Waals surface area contributed by atoms with Crippen molar-refractivity contribution in [3.8, 4) is 23.0 Å². The number of aromatic nitrogens is 3. The van der Waals surface area contributed by atoms with Gasteiger partial charge in [-0.05, 0) is 101 Å². The minimum absolute atomic E-state index is 0.0461. The van der Waals surface area contributed by atoms with E-state index in [1.54, 1.807) is 13.3 Å². The molecule has 0 saturated carbocycles. The molecule has 0 aliphatic carbocycles. The minimum atomic E-state index is -0.604. The van der Waals surface area contributed by atoms with E-state index in [-0.39, 0.29) is 60.4 Å². The molecule has 0 radical (unpaired) electrons. The standard InChI is InChI=1S/C41H51FN6O6/c1-6-25-9-7-10-26-17-30(53-24-51-5)18-31(33(25)26)35-34(42)36-32(19-43-35)37(46-20-27-11-12-28(21-46)48(27)39(50)54-40(2,3)4)45-38(44-36)52-23-41-14-8-16-47(41)29(22-49)13-15-41/h7,9-10,17-19,27-29,49H,6,8,11-16,20-24H2,1-5H3/t27?,28?,29-,41+/m0/s1. The van der Waals surface area contributed by atoms with E-state index in [2.05, 4.69) is 16.7 Å². The topological polar surface area (TPSA) is 123 Å². The maximum absolute atomic E-state index is 17.4. The number of aliphatic hydroxyl groups excluding tert-OH is 1. The van der Waals surface area contributed by atoms with Crippen LogP contribution in [-0.2, 0) is 15.9 Å². The molecule has 2 aromatic carbocycles. The Morgan fingerprint density at radius 1 is 1.07 bits per heavy atom. The summed E-state index contributed by atoms with van der Waals surface area (Å²) in [6, 6.07) is 9.82. The zero-order valence-electron chi connectivity index (χ0n) is 31.9. The highest BCUT2D eigenvalue weighted by atomic mass is 19.1. The van der Waals surface area contributed by atoms with Crippen molar-refractivity contribution in [3.63, 3.8) is 0 Å². The molecule has 4 fully saturated rings. The Morgan fingerprint density at radius 2 is 1.87 bits per heavy atom. The average Bonchev–Trinajstić information content (AvgIpc) is 3.81. The number of hydrogen-bond acceptors (Lipinski definition) is 11. The summed E-state index contributed by atoms with van der Waals surface area (Å²) < 4.78 is 40.7. The van der Waals surface area contributed by atoms with Gasteiger partial charge in [-0.15, -0.1) is 0 Å². The fourth-order valence-electron chi connectivity index (χ4n) is 9.38. The second kappa shape index (κ2) is 14.4. The lowest BCUT2D eigenvalue weighted by Crippen LogP contribution is -2.57. The molecule has 4 saturated heterocycles. The number of nitrogens with zero attached hydrogens (tertiary/aromatic N) is 6. The molecule has 288 valence electrons. The molecular formula is C41H51FN6O6. The predicted molar refractivity (Wildman–Crippen MR) is 203 cm³/mol. The van der Waals surface area contributed by atoms with E-state index in [1.165, 1.54) is 0 Å². The number of benzene rings is 2. The molecule has 2 unspecified atom stereocenters. The van der Waals surface area contributed by atoms with E-state index in [9.17, 15) is 9.90 Å². The first-order chi connectivity index (χ1) is 26.0. The number of anilines is 1. The van der Waals surface area contributed by atoms with Gasteiger partial charge in [0.05, 0.1) is 29.6 Å². The summed E-state index contributed by atoms with van der Waals surface area (Å²) in [6.45, 7) is 10.1. The Bertz CT molecular complexity index is 2040. The second-order valence-corrected chi connectivity index (χ2v) is 16.3. The van der Waals surface area contributed by atoms with E-state index in [0.29, 0.717) is 42.2 Å². The third-order valence-corrected chi connectivity index (χ3v) is 11.8. The van der Waals surface area contributed by atoms with Crippen molar-refractivity contribution >= 4 is 33.6 Å². The quantitative estimate of drug-likeness (QED) is 0.180. The SMILES string of the molecule is CCc1cccc2cc(OCOC)cc(-c3ncc4c(N5CC6CCC(C5)N6C(=O)OC(C)(C)C)nc(OC[C@]56CCCN5[C@H](CO)CC6)nc4c3F)c12. The molecule has 8 rings (SSSR count). The molecule has 4 atom stereocenters. The Morgan fingerprint density at radius 3 is 2.59 bits per heavy atom. The van der Waals surface area contributed by atoms with Crippen LogP contribution >= 0.6 is 0 Å². The van der Waals surface area contributed by atoms with Gasteiger partial charge in [-0.2, -0.15) is 9.97 Å². The van der Waals surface area contributed by atoms with E-state index in [1.807, 2.05) is 56.0 Å². The summed E-state index contributed by atoms with van der Waals surface area (Å²) >= 11 is 0. The van der Waals surface area contributed by atoms with Crippen LogP contribution in [0.1, 0.15) is 71.8 Å². The average molecular weight is 743 g/mol. The Hall–Kier alpha value is -4.33. The molecule has 4 aliphatic rings. The summed E-state index contributed by atoms with van der Waals surface area (Å²) in [4.78, 5) is 34.2. The molecule has 13 heteroatoms. The van der Waals surface area contributed by atoms with Crippen LogP contribution in [0.4, 0.5) is 15.0 Å². The van der Waals surface area contributed by atoms with Gasteiger partial charge in [-0.25, -0.2) is 9.18 Å². The number of aryl methyl sites for hydroxylation is 1. The highest BCUT2D eigenvalue weighted by Crippen LogP contribution is 2.44. The third kappa shape index (κ3) is 6.57. The highest BCUT2D eigenvalue weighted by molar-refractivity contribution is 6.01. The van der Waals surface area contributed by atoms with E-state index in [4.69, 9.17) is 33.9 Å². The normalized spacial score (nSPS) is 24.1. The van der Waals surface area contributed by atoms with Crippen molar-refractivity contribution in [2.24, 2.45) is 0 Å². The lowest BCUT2D eigenvalue weighted by atomic mass is 9.95. The molecule has 54 heavy (non-hydrogen) atoms. The second-order valence-electron chi connectivity index (χ2n) is 16.3. The minimum Gasteiger partial charge on any atom is -0.468 e. The van der Waals surface area contributed by atoms with Gasteiger partial charge >= 0.3 is 12.1 Å². The summed E-state index contributed by atoms with van der Waals surface area (Å²) in [5.74, 6) is 0.498. The summed E-state index contributed by atoms with van der Waals surface area (Å²) in [5, 5.41) is 12.3. The highest BCUT2D eigenvalue weighted by Gasteiger charge is 2.50. The molecule has 1 amide bonds. The van der Waals surface area contributed by atoms with Gasteiger partial charge in [0.1, 0.15) is 35.0 Å². The maximum Gasteiger partial charge on any atom is 0.410 e. The van der Waals surface area contributed by atoms with Crippen molar-refractivity contribution in [3.05, 3.63) is 47.9 Å². The molecule has 4 aliphatic heterocycles. The zero-order valence-corrected chi connectivity index (χ0v) is 31.9. The fraction of sp³-hybridized carbons (Fsp3) is 0.561. The first kappa shape index (κ1) is 36.6. The molecule has 1 N–H and O–H groups in total. The number of hydrogen-bond donors (Lipinski definition) is 1. The zero-order chi connectivity index (χ0) is 37.8. The first-order valence-electron chi connectivity index (χ1n) is 19.3. The molecule has 6 heterocycles. The monoisotopic (exact) mass is 742 g/mol. The van der Waals surface area contributed by atoms with Gasteiger partial charge in [0, 0.05) is 38.0 Å². The van der Waals surface area contributed by atoms with Crippen LogP contribution in [0.5, 0.6) is 11.8 Å². The van der Waals surface area contributed by atoms with Crippen LogP contribution < -0.4 is 14.4 Å². The van der Waals surface area contributed by atoms with E-state index < -0.39 is 11.4 Å². The molecular weight excluding hydrogens is 691 g/mol. The maximum atomic E-state index is 17.4. The number of rotatable bonds is 10. The Kier molecular flexibility index (Phi) is 9.76. The van der Waals surface area contributed by atoms with Crippen molar-refractivity contribution in [2.75, 3.05) is 51.7 Å². The van der Waals surface area contributed by atoms with Crippen LogP contribution in [0.25, 0.3) is 32.9 Å². The first-order valence-corrected chi connectivity index (χ1v) is 19.3. The van der Waals surface area contributed by atoms with Gasteiger partial charge < -0.3 is 29.0 Å². The molecule has 2 bridgehead atoms. The number of carbonyl (C=O) groups is 1. The number of piperazine rings is 1. The molecule has 2 aromatic heterocycles. The van der Waals surface area contributed by atoms with Crippen molar-refractivity contribution in [1.29, 1.82) is 0 Å². The number of pyridine rings is 1. The van der Waals surface area contributed by atoms with Gasteiger partial charge in [-0.1, -0.05) is 25.1 Å². The summed E-state index contributed by atoms with van der Waals surface area (Å²) in [5.41, 5.74) is 1.11. The van der Waals surface area contributed by atoms with E-state index >= 15 is 4.39 Å². The van der Waals surface area contributed by atoms with Crippen molar-refractivity contribution in [2.45, 2.75) is 102 Å². The van der Waals surface area contributed by atoms with Gasteiger partial charge in [0.2, 0.25) is 0 Å². The summed E-state index contributed by atoms with van der Waals surface area (Å²) in [6.07, 6.45) is 7.57. The van der Waals surface area contributed by atoms with E-state index in [0.717, 1.165) is 67.8 Å². The van der Waals surface area contributed by atoms with Crippen LogP contribution in [-0.4, -0.2) is 112 Å². The Balaban J connectivity index is 1.22. The number of fused-ring (bicyclic) bond motifs is 5. The number of aliphatic hydroxyl groups is 1. The number of methoxy groups -OCH3 is 1. The number of ether oxygens (including phenoxy) is 4. The number of amides is 1. The van der Waals surface area contributed by atoms with Crippen LogP contribution in [0.3, 0.4) is 0 Å². The largest absolute Gasteiger partial charge is 0.468 e. The number of carbonyl (C=O) groups excluding carboxylic acids is 1. The van der Waals surface area contributed by atoms with Crippen LogP contribution in [0.15, 0.2) is 36.5 Å². The number of halogens is 1. The van der Waals surface area contributed by atoms with Gasteiger partial charge in [0.15, 0.2) is 12.6 Å². The predicted octanol–water partition coefficient (Wildman–Crippen LogP) is 6.49. The lowest BCUT2D eigenvalue weighted by molar-refractivity contribution is 0.0122. The molecule has 12 nitrogen and oxygen atoms in total. The van der Waals surface area contributed by atoms with Crippen LogP contribution in [0.2, 0.25) is 0 Å². The summed E-state index contributed by atoms with van der Waals surface area (Å²) in [7, 11) is 1.56. The fourth-order valence-corrected chi connectivity index (χ4v) is 9.38. The van der Waals surface area contributed by atoms with Crippen LogP contribution in [0, 0.1) is 5.82 Å². The smallest absolute Gasteiger partial charge is 0.410 e. The lowest BCUT2D eigenvalue weighted by Gasteiger charge is -2.42. The van der Waals surface area contributed by atoms with Gasteiger partial charge in [0.25, 0.3) is 0 Å². The Labute approximate surface area is 315 Å². The van der Waals surface area contributed by atoms with Gasteiger partial charge in [-0.3, -0.25) is 14.8 Å². The van der Waals surface area contributed by atoms with Crippen molar-refractivity contribution < 1.29 is 33.2 Å². The molecule has 4 aromatic rings. The molecule has 0 spiro atoms. The third-order valence-electron chi connectivity index (χ3n) is 11.8. The van der Waals surface area contributed by atoms with Crippen molar-refractivity contribution in [1.82, 2.24) is 24.8 Å².